The molecule has 0 fully saturated rings. The van der Waals surface area contributed by atoms with Gasteiger partial charge in [0.15, 0.2) is 0 Å². The van der Waals surface area contributed by atoms with Gasteiger partial charge in [0.25, 0.3) is 0 Å². The Labute approximate surface area is 104 Å². The monoisotopic (exact) mass is 285 g/mol. The van der Waals surface area contributed by atoms with Crippen molar-refractivity contribution in [2.24, 2.45) is 0 Å². The van der Waals surface area contributed by atoms with Crippen LogP contribution >= 0.6 is 15.9 Å². The predicted molar refractivity (Wildman–Crippen MR) is 68.5 cm³/mol. The molecule has 1 N–H and O–H groups in total. The van der Waals surface area contributed by atoms with Gasteiger partial charge in [-0.3, -0.25) is 0 Å². The normalized spacial score (nSPS) is 11.0. The predicted octanol–water partition coefficient (Wildman–Crippen LogP) is 3.20. The van der Waals surface area contributed by atoms with Gasteiger partial charge >= 0.3 is 5.97 Å². The number of esters is 1. The van der Waals surface area contributed by atoms with Gasteiger partial charge in [0.2, 0.25) is 0 Å². The number of benzene rings is 1. The van der Waals surface area contributed by atoms with Crippen molar-refractivity contribution >= 4 is 27.6 Å². The first-order valence-electron chi connectivity index (χ1n) is 5.17. The quantitative estimate of drug-likeness (QED) is 0.864. The van der Waals surface area contributed by atoms with Gasteiger partial charge in [-0.25, -0.2) is 4.79 Å². The lowest BCUT2D eigenvalue weighted by Gasteiger charge is -2.25. The highest BCUT2D eigenvalue weighted by Gasteiger charge is 2.29. The number of carbonyl (C=O) groups excluding carboxylic acids is 1. The van der Waals surface area contributed by atoms with Crippen LogP contribution in [0.1, 0.15) is 20.8 Å². The number of ether oxygens (including phenoxy) is 1. The molecule has 16 heavy (non-hydrogen) atoms. The molecule has 0 unspecified atom stereocenters. The Morgan fingerprint density at radius 1 is 1.44 bits per heavy atom. The first kappa shape index (κ1) is 13.0. The lowest BCUT2D eigenvalue weighted by molar-refractivity contribution is -0.147. The molecule has 1 aromatic rings. The van der Waals surface area contributed by atoms with Gasteiger partial charge in [0.05, 0.1) is 6.61 Å². The van der Waals surface area contributed by atoms with Crippen molar-refractivity contribution in [3.05, 3.63) is 28.7 Å². The van der Waals surface area contributed by atoms with E-state index in [0.29, 0.717) is 6.61 Å². The first-order chi connectivity index (χ1) is 7.47. The second kappa shape index (κ2) is 5.34. The molecule has 0 atom stereocenters. The highest BCUT2D eigenvalue weighted by Crippen LogP contribution is 2.25. The summed E-state index contributed by atoms with van der Waals surface area (Å²) in [5.74, 6) is -0.259. The fourth-order valence-corrected chi connectivity index (χ4v) is 1.65. The molecule has 0 saturated heterocycles. The third-order valence-corrected chi connectivity index (χ3v) is 2.80. The van der Waals surface area contributed by atoms with E-state index >= 15 is 0 Å². The number of anilines is 1. The van der Waals surface area contributed by atoms with Crippen molar-refractivity contribution in [3.8, 4) is 0 Å². The van der Waals surface area contributed by atoms with E-state index in [1.807, 2.05) is 24.3 Å². The molecule has 0 spiro atoms. The third-order valence-electron chi connectivity index (χ3n) is 2.11. The van der Waals surface area contributed by atoms with Crippen LogP contribution in [0.15, 0.2) is 28.7 Å². The molecule has 1 rings (SSSR count). The Hall–Kier alpha value is -1.03. The highest BCUT2D eigenvalue weighted by molar-refractivity contribution is 9.10. The fourth-order valence-electron chi connectivity index (χ4n) is 1.26. The van der Waals surface area contributed by atoms with E-state index in [0.717, 1.165) is 10.2 Å². The number of para-hydroxylation sites is 1. The largest absolute Gasteiger partial charge is 0.464 e. The zero-order chi connectivity index (χ0) is 12.2. The molecule has 0 aliphatic rings. The number of carbonyl (C=O) groups is 1. The van der Waals surface area contributed by atoms with Crippen molar-refractivity contribution in [1.29, 1.82) is 0 Å². The molecule has 1 aromatic carbocycles. The van der Waals surface area contributed by atoms with Crippen LogP contribution in [0.2, 0.25) is 0 Å². The van der Waals surface area contributed by atoms with E-state index in [2.05, 4.69) is 21.2 Å². The maximum Gasteiger partial charge on any atom is 0.331 e. The molecule has 0 aliphatic carbocycles. The summed E-state index contributed by atoms with van der Waals surface area (Å²) >= 11 is 3.42. The molecule has 88 valence electrons. The topological polar surface area (TPSA) is 38.3 Å². The third kappa shape index (κ3) is 3.23. The summed E-state index contributed by atoms with van der Waals surface area (Å²) in [5.41, 5.74) is 0.139. The second-order valence-electron chi connectivity index (χ2n) is 3.95. The van der Waals surface area contributed by atoms with Crippen LogP contribution < -0.4 is 5.32 Å². The standard InChI is InChI=1S/C12H16BrNO2/c1-4-16-11(15)12(2,3)14-10-8-6-5-7-9(10)13/h5-8,14H,4H2,1-3H3. The molecule has 0 heterocycles. The van der Waals surface area contributed by atoms with Crippen LogP contribution in [-0.4, -0.2) is 18.1 Å². The molecule has 0 aliphatic heterocycles. The van der Waals surface area contributed by atoms with Crippen LogP contribution in [0, 0.1) is 0 Å². The minimum absolute atomic E-state index is 0.259. The molecule has 0 radical (unpaired) electrons. The number of hydrogen-bond donors (Lipinski definition) is 1. The Balaban J connectivity index is 2.80. The second-order valence-corrected chi connectivity index (χ2v) is 4.80. The fraction of sp³-hybridized carbons (Fsp3) is 0.417. The summed E-state index contributed by atoms with van der Waals surface area (Å²) in [7, 11) is 0. The van der Waals surface area contributed by atoms with Crippen LogP contribution in [-0.2, 0) is 9.53 Å². The van der Waals surface area contributed by atoms with E-state index in [4.69, 9.17) is 4.74 Å². The SMILES string of the molecule is CCOC(=O)C(C)(C)Nc1ccccc1Br. The molecule has 3 nitrogen and oxygen atoms in total. The Kier molecular flexibility index (Phi) is 4.35. The zero-order valence-corrected chi connectivity index (χ0v) is 11.3. The van der Waals surface area contributed by atoms with Crippen LogP contribution in [0.25, 0.3) is 0 Å². The Morgan fingerprint density at radius 3 is 2.62 bits per heavy atom. The van der Waals surface area contributed by atoms with E-state index in [-0.39, 0.29) is 5.97 Å². The summed E-state index contributed by atoms with van der Waals surface area (Å²) in [6.45, 7) is 5.78. The number of halogens is 1. The molecule has 0 amide bonds. The van der Waals surface area contributed by atoms with Gasteiger partial charge in [-0.05, 0) is 48.8 Å². The van der Waals surface area contributed by atoms with E-state index < -0.39 is 5.54 Å². The van der Waals surface area contributed by atoms with Gasteiger partial charge in [0, 0.05) is 10.2 Å². The van der Waals surface area contributed by atoms with E-state index in [1.165, 1.54) is 0 Å². The van der Waals surface area contributed by atoms with Crippen LogP contribution in [0.4, 0.5) is 5.69 Å². The van der Waals surface area contributed by atoms with E-state index in [1.54, 1.807) is 20.8 Å². The smallest absolute Gasteiger partial charge is 0.331 e. The Bertz CT molecular complexity index is 377. The maximum absolute atomic E-state index is 11.7. The molecular weight excluding hydrogens is 270 g/mol. The van der Waals surface area contributed by atoms with Crippen LogP contribution in [0.3, 0.4) is 0 Å². The van der Waals surface area contributed by atoms with Crippen LogP contribution in [0.5, 0.6) is 0 Å². The van der Waals surface area contributed by atoms with Crippen molar-refractivity contribution in [2.45, 2.75) is 26.3 Å². The lowest BCUT2D eigenvalue weighted by atomic mass is 10.1. The van der Waals surface area contributed by atoms with Gasteiger partial charge in [0.1, 0.15) is 5.54 Å². The van der Waals surface area contributed by atoms with Crippen molar-refractivity contribution < 1.29 is 9.53 Å². The summed E-state index contributed by atoms with van der Waals surface area (Å²) in [6, 6.07) is 7.66. The Morgan fingerprint density at radius 2 is 2.06 bits per heavy atom. The minimum atomic E-state index is -0.736. The summed E-state index contributed by atoms with van der Waals surface area (Å²) in [6.07, 6.45) is 0. The average Bonchev–Trinajstić information content (AvgIpc) is 2.21. The molecule has 4 heteroatoms. The number of rotatable bonds is 4. The average molecular weight is 286 g/mol. The van der Waals surface area contributed by atoms with Gasteiger partial charge in [-0.2, -0.15) is 0 Å². The van der Waals surface area contributed by atoms with E-state index in [9.17, 15) is 4.79 Å². The molecule has 0 aromatic heterocycles. The van der Waals surface area contributed by atoms with Gasteiger partial charge < -0.3 is 10.1 Å². The molecular formula is C12H16BrNO2. The van der Waals surface area contributed by atoms with Gasteiger partial charge in [-0.15, -0.1) is 0 Å². The lowest BCUT2D eigenvalue weighted by Crippen LogP contribution is -2.41. The highest BCUT2D eigenvalue weighted by atomic mass is 79.9. The number of hydrogen-bond acceptors (Lipinski definition) is 3. The maximum atomic E-state index is 11.7. The van der Waals surface area contributed by atoms with Crippen molar-refractivity contribution in [2.75, 3.05) is 11.9 Å². The van der Waals surface area contributed by atoms with Crippen molar-refractivity contribution in [1.82, 2.24) is 0 Å². The summed E-state index contributed by atoms with van der Waals surface area (Å²) < 4.78 is 5.93. The zero-order valence-electron chi connectivity index (χ0n) is 9.71. The first-order valence-corrected chi connectivity index (χ1v) is 5.96. The number of nitrogens with one attached hydrogen (secondary N) is 1. The molecule has 0 saturated carbocycles. The van der Waals surface area contributed by atoms with Gasteiger partial charge in [-0.1, -0.05) is 12.1 Å². The molecule has 0 bridgehead atoms. The summed E-state index contributed by atoms with van der Waals surface area (Å²) in [4.78, 5) is 11.7. The van der Waals surface area contributed by atoms with Crippen molar-refractivity contribution in [3.63, 3.8) is 0 Å². The minimum Gasteiger partial charge on any atom is -0.464 e. The summed E-state index contributed by atoms with van der Waals surface area (Å²) in [5, 5.41) is 3.15.